The minimum atomic E-state index is -0.879. The molecule has 9 nitrogen and oxygen atoms in total. The van der Waals surface area contributed by atoms with Gasteiger partial charge in [0, 0.05) is 55.7 Å². The van der Waals surface area contributed by atoms with Gasteiger partial charge in [-0.1, -0.05) is 6.07 Å². The Morgan fingerprint density at radius 1 is 1.31 bits per heavy atom. The van der Waals surface area contributed by atoms with Crippen LogP contribution in [0.25, 0.3) is 10.9 Å². The molecule has 1 amide bonds. The van der Waals surface area contributed by atoms with Crippen molar-refractivity contribution in [2.45, 2.75) is 33.4 Å². The molecular formula is C24H25F2N5O4. The summed E-state index contributed by atoms with van der Waals surface area (Å²) in [4.78, 5) is 38.3. The molecule has 184 valence electrons. The van der Waals surface area contributed by atoms with Gasteiger partial charge in [-0.15, -0.1) is 0 Å². The molecule has 2 aromatic carbocycles. The van der Waals surface area contributed by atoms with Gasteiger partial charge in [0.1, 0.15) is 17.1 Å². The number of pyridine rings is 1. The number of anilines is 2. The Hall–Kier alpha value is -3.86. The SMILES string of the molecule is CCn1cc(C(=O)Nc2ccc(C)c([N+](=O)[O-])c2)c(=O)c2cc(F)c(N3CCNC(C)C3)c(F)c21. The lowest BCUT2D eigenvalue weighted by molar-refractivity contribution is -0.385. The van der Waals surface area contributed by atoms with Crippen LogP contribution in [0, 0.1) is 28.7 Å². The molecule has 1 aliphatic rings. The zero-order valence-electron chi connectivity index (χ0n) is 19.5. The number of nitrogens with zero attached hydrogens (tertiary/aromatic N) is 3. The first kappa shape index (κ1) is 24.3. The van der Waals surface area contributed by atoms with Crippen LogP contribution in [0.4, 0.5) is 25.8 Å². The maximum Gasteiger partial charge on any atom is 0.274 e. The third kappa shape index (κ3) is 4.46. The Balaban J connectivity index is 1.80. The van der Waals surface area contributed by atoms with Crippen LogP contribution in [-0.4, -0.2) is 41.1 Å². The first-order valence-electron chi connectivity index (χ1n) is 11.2. The molecule has 0 aliphatic carbocycles. The Morgan fingerprint density at radius 2 is 2.06 bits per heavy atom. The highest BCUT2D eigenvalue weighted by atomic mass is 19.1. The maximum atomic E-state index is 15.7. The molecule has 2 heterocycles. The average Bonchev–Trinajstić information content (AvgIpc) is 2.80. The van der Waals surface area contributed by atoms with Crippen LogP contribution in [-0.2, 0) is 6.54 Å². The number of carbonyl (C=O) groups is 1. The van der Waals surface area contributed by atoms with E-state index in [4.69, 9.17) is 0 Å². The first-order chi connectivity index (χ1) is 16.6. The van der Waals surface area contributed by atoms with E-state index in [1.807, 2.05) is 6.92 Å². The number of aromatic nitrogens is 1. The van der Waals surface area contributed by atoms with Crippen molar-refractivity contribution in [3.05, 3.63) is 73.6 Å². The van der Waals surface area contributed by atoms with Crippen LogP contribution in [0.5, 0.6) is 0 Å². The molecule has 1 fully saturated rings. The molecule has 2 N–H and O–H groups in total. The minimum Gasteiger partial charge on any atom is -0.364 e. The number of nitrogens with one attached hydrogen (secondary N) is 2. The number of rotatable bonds is 5. The summed E-state index contributed by atoms with van der Waals surface area (Å²) in [5.74, 6) is -2.57. The zero-order valence-corrected chi connectivity index (χ0v) is 19.5. The van der Waals surface area contributed by atoms with Crippen LogP contribution in [0.2, 0.25) is 0 Å². The lowest BCUT2D eigenvalue weighted by Gasteiger charge is -2.34. The van der Waals surface area contributed by atoms with Crippen LogP contribution in [0.3, 0.4) is 0 Å². The van der Waals surface area contributed by atoms with Gasteiger partial charge in [-0.05, 0) is 32.9 Å². The number of aryl methyl sites for hydroxylation is 2. The predicted octanol–water partition coefficient (Wildman–Crippen LogP) is 3.57. The number of amides is 1. The van der Waals surface area contributed by atoms with Crippen LogP contribution < -0.4 is 21.0 Å². The van der Waals surface area contributed by atoms with Crippen LogP contribution in [0.1, 0.15) is 29.8 Å². The van der Waals surface area contributed by atoms with Gasteiger partial charge < -0.3 is 20.1 Å². The second kappa shape index (κ2) is 9.41. The smallest absolute Gasteiger partial charge is 0.274 e. The molecule has 35 heavy (non-hydrogen) atoms. The third-order valence-electron chi connectivity index (χ3n) is 6.16. The van der Waals surface area contributed by atoms with Crippen LogP contribution in [0.15, 0.2) is 35.3 Å². The van der Waals surface area contributed by atoms with E-state index in [-0.39, 0.29) is 46.1 Å². The number of carbonyl (C=O) groups excluding carboxylic acids is 1. The molecule has 1 saturated heterocycles. The van der Waals surface area contributed by atoms with Gasteiger partial charge in [-0.2, -0.15) is 0 Å². The zero-order chi connectivity index (χ0) is 25.4. The van der Waals surface area contributed by atoms with Crippen molar-refractivity contribution in [1.82, 2.24) is 9.88 Å². The molecule has 1 aromatic heterocycles. The summed E-state index contributed by atoms with van der Waals surface area (Å²) in [5.41, 5.74) is -1.10. The van der Waals surface area contributed by atoms with E-state index in [0.29, 0.717) is 25.2 Å². The number of nitro benzene ring substituents is 1. The first-order valence-corrected chi connectivity index (χ1v) is 11.2. The third-order valence-corrected chi connectivity index (χ3v) is 6.16. The Labute approximate surface area is 199 Å². The van der Waals surface area contributed by atoms with Gasteiger partial charge in [-0.3, -0.25) is 19.7 Å². The van der Waals surface area contributed by atoms with Gasteiger partial charge in [0.2, 0.25) is 5.43 Å². The van der Waals surface area contributed by atoms with Gasteiger partial charge in [0.05, 0.1) is 15.8 Å². The van der Waals surface area contributed by atoms with E-state index in [1.54, 1.807) is 18.7 Å². The summed E-state index contributed by atoms with van der Waals surface area (Å²) in [6.45, 7) is 6.78. The molecule has 1 unspecified atom stereocenters. The van der Waals surface area contributed by atoms with E-state index in [1.165, 1.54) is 29.0 Å². The lowest BCUT2D eigenvalue weighted by atomic mass is 10.1. The van der Waals surface area contributed by atoms with Crippen molar-refractivity contribution in [1.29, 1.82) is 0 Å². The molecule has 1 atom stereocenters. The van der Waals surface area contributed by atoms with E-state index in [0.717, 1.165) is 6.07 Å². The van der Waals surface area contributed by atoms with E-state index < -0.39 is 27.9 Å². The number of halogens is 2. The van der Waals surface area contributed by atoms with E-state index in [2.05, 4.69) is 10.6 Å². The van der Waals surface area contributed by atoms with Gasteiger partial charge in [0.15, 0.2) is 5.82 Å². The average molecular weight is 485 g/mol. The van der Waals surface area contributed by atoms with Gasteiger partial charge in [0.25, 0.3) is 11.6 Å². The Kier molecular flexibility index (Phi) is 6.53. The molecule has 0 bridgehead atoms. The highest BCUT2D eigenvalue weighted by molar-refractivity contribution is 6.06. The fourth-order valence-electron chi connectivity index (χ4n) is 4.40. The molecular weight excluding hydrogens is 460 g/mol. The molecule has 0 spiro atoms. The summed E-state index contributed by atoms with van der Waals surface area (Å²) in [6.07, 6.45) is 1.23. The van der Waals surface area contributed by atoms with Gasteiger partial charge >= 0.3 is 0 Å². The molecule has 0 saturated carbocycles. The van der Waals surface area contributed by atoms with Crippen LogP contribution >= 0.6 is 0 Å². The largest absolute Gasteiger partial charge is 0.364 e. The highest BCUT2D eigenvalue weighted by Crippen LogP contribution is 2.31. The summed E-state index contributed by atoms with van der Waals surface area (Å²) in [6, 6.07) is 5.15. The quantitative estimate of drug-likeness (QED) is 0.423. The van der Waals surface area contributed by atoms with Crippen molar-refractivity contribution in [3.63, 3.8) is 0 Å². The van der Waals surface area contributed by atoms with Crippen molar-refractivity contribution in [2.75, 3.05) is 29.9 Å². The summed E-state index contributed by atoms with van der Waals surface area (Å²) in [7, 11) is 0. The molecule has 1 aliphatic heterocycles. The number of hydrogen-bond acceptors (Lipinski definition) is 6. The summed E-state index contributed by atoms with van der Waals surface area (Å²) >= 11 is 0. The minimum absolute atomic E-state index is 0.0373. The fraction of sp³-hybridized carbons (Fsp3) is 0.333. The number of fused-ring (bicyclic) bond motifs is 1. The molecule has 11 heteroatoms. The fourth-order valence-corrected chi connectivity index (χ4v) is 4.40. The number of piperazine rings is 1. The van der Waals surface area contributed by atoms with Crippen molar-refractivity contribution in [3.8, 4) is 0 Å². The molecule has 3 aromatic rings. The molecule has 4 rings (SSSR count). The van der Waals surface area contributed by atoms with Crippen molar-refractivity contribution >= 4 is 33.9 Å². The highest BCUT2D eigenvalue weighted by Gasteiger charge is 2.27. The normalized spacial score (nSPS) is 15.9. The maximum absolute atomic E-state index is 15.7. The number of nitro groups is 1. The molecule has 0 radical (unpaired) electrons. The topological polar surface area (TPSA) is 110 Å². The summed E-state index contributed by atoms with van der Waals surface area (Å²) < 4.78 is 32.2. The second-order valence-electron chi connectivity index (χ2n) is 8.59. The number of benzene rings is 2. The van der Waals surface area contributed by atoms with Crippen molar-refractivity contribution in [2.24, 2.45) is 0 Å². The van der Waals surface area contributed by atoms with E-state index >= 15 is 8.78 Å². The monoisotopic (exact) mass is 485 g/mol. The summed E-state index contributed by atoms with van der Waals surface area (Å²) in [5, 5.41) is 16.6. The van der Waals surface area contributed by atoms with Crippen molar-refractivity contribution < 1.29 is 18.5 Å². The lowest BCUT2D eigenvalue weighted by Crippen LogP contribution is -2.49. The number of hydrogen-bond donors (Lipinski definition) is 2. The Morgan fingerprint density at radius 3 is 2.71 bits per heavy atom. The predicted molar refractivity (Wildman–Crippen MR) is 129 cm³/mol. The standard InChI is InChI=1S/C24H25F2N5O4/c1-4-29-12-17(24(33)28-15-6-5-13(2)19(9-15)31(34)35)23(32)16-10-18(25)22(20(26)21(16)29)30-8-7-27-14(3)11-30/h5-6,9-10,12,14,27H,4,7-8,11H2,1-3H3,(H,28,33). The second-order valence-corrected chi connectivity index (χ2v) is 8.59. The van der Waals surface area contributed by atoms with E-state index in [9.17, 15) is 19.7 Å². The van der Waals surface area contributed by atoms with Gasteiger partial charge in [-0.25, -0.2) is 8.78 Å². The Bertz CT molecular complexity index is 1410.